The molecular formula is C22H27I3O8. The minimum atomic E-state index is -0.655. The third-order valence-electron chi connectivity index (χ3n) is 4.60. The molecule has 0 aromatic heterocycles. The third kappa shape index (κ3) is 9.28. The van der Waals surface area contributed by atoms with Gasteiger partial charge in [-0.25, -0.2) is 4.79 Å². The first-order valence-corrected chi connectivity index (χ1v) is 13.7. The molecule has 1 fully saturated rings. The van der Waals surface area contributed by atoms with E-state index in [1.807, 2.05) is 12.1 Å². The van der Waals surface area contributed by atoms with Gasteiger partial charge in [0.1, 0.15) is 31.2 Å². The molecule has 0 radical (unpaired) electrons. The van der Waals surface area contributed by atoms with E-state index in [4.69, 9.17) is 23.7 Å². The van der Waals surface area contributed by atoms with Gasteiger partial charge in [-0.1, -0.05) is 27.7 Å². The molecule has 0 spiro atoms. The van der Waals surface area contributed by atoms with Crippen LogP contribution in [-0.2, 0) is 33.3 Å². The van der Waals surface area contributed by atoms with Crippen molar-refractivity contribution in [2.24, 2.45) is 11.8 Å². The Morgan fingerprint density at radius 2 is 1.58 bits per heavy atom. The molecule has 1 saturated heterocycles. The SMILES string of the molecule is CC(C)C(=O)OC[C@@H]1C[C@H](OC(=O)C(C)C)[C@@H](COC(=O)COc2c(I)cc(I)cc2I)O1. The summed E-state index contributed by atoms with van der Waals surface area (Å²) in [4.78, 5) is 36.1. The number of halogens is 3. The number of carbonyl (C=O) groups excluding carboxylic acids is 3. The molecule has 1 heterocycles. The van der Waals surface area contributed by atoms with Crippen molar-refractivity contribution >= 4 is 85.7 Å². The highest BCUT2D eigenvalue weighted by Crippen LogP contribution is 2.30. The van der Waals surface area contributed by atoms with Crippen LogP contribution in [0.15, 0.2) is 12.1 Å². The van der Waals surface area contributed by atoms with Crippen LogP contribution >= 0.6 is 67.8 Å². The first-order chi connectivity index (χ1) is 15.5. The van der Waals surface area contributed by atoms with Crippen LogP contribution in [-0.4, -0.2) is 56.0 Å². The average molecular weight is 800 g/mol. The van der Waals surface area contributed by atoms with Crippen LogP contribution in [0.4, 0.5) is 0 Å². The van der Waals surface area contributed by atoms with Crippen molar-refractivity contribution in [3.8, 4) is 5.75 Å². The summed E-state index contributed by atoms with van der Waals surface area (Å²) in [5, 5.41) is 0. The molecule has 3 atom stereocenters. The first kappa shape index (κ1) is 28.8. The molecule has 8 nitrogen and oxygen atoms in total. The van der Waals surface area contributed by atoms with E-state index in [9.17, 15) is 14.4 Å². The van der Waals surface area contributed by atoms with Crippen molar-refractivity contribution in [1.82, 2.24) is 0 Å². The molecule has 0 unspecified atom stereocenters. The van der Waals surface area contributed by atoms with E-state index in [0.29, 0.717) is 12.2 Å². The van der Waals surface area contributed by atoms with Crippen molar-refractivity contribution in [3.63, 3.8) is 0 Å². The lowest BCUT2D eigenvalue weighted by atomic mass is 10.1. The zero-order valence-electron chi connectivity index (χ0n) is 18.8. The highest BCUT2D eigenvalue weighted by atomic mass is 127. The largest absolute Gasteiger partial charge is 0.480 e. The number of rotatable bonds is 10. The summed E-state index contributed by atoms with van der Waals surface area (Å²) in [7, 11) is 0. The summed E-state index contributed by atoms with van der Waals surface area (Å²) in [6.45, 7) is 6.64. The first-order valence-electron chi connectivity index (χ1n) is 10.4. The summed E-state index contributed by atoms with van der Waals surface area (Å²) in [6, 6.07) is 3.91. The van der Waals surface area contributed by atoms with Gasteiger partial charge in [0.25, 0.3) is 0 Å². The molecule has 0 saturated carbocycles. The van der Waals surface area contributed by atoms with E-state index < -0.39 is 24.3 Å². The Balaban J connectivity index is 1.92. The van der Waals surface area contributed by atoms with Crippen LogP contribution in [0.3, 0.4) is 0 Å². The van der Waals surface area contributed by atoms with Gasteiger partial charge >= 0.3 is 17.9 Å². The lowest BCUT2D eigenvalue weighted by Crippen LogP contribution is -2.34. The molecule has 0 N–H and O–H groups in total. The summed E-state index contributed by atoms with van der Waals surface area (Å²) >= 11 is 6.53. The Kier molecular flexibility index (Phi) is 11.9. The summed E-state index contributed by atoms with van der Waals surface area (Å²) in [5.41, 5.74) is 0. The number of ether oxygens (including phenoxy) is 5. The van der Waals surface area contributed by atoms with Crippen LogP contribution in [0.2, 0.25) is 0 Å². The molecule has 1 aromatic rings. The van der Waals surface area contributed by atoms with Crippen molar-refractivity contribution in [3.05, 3.63) is 22.8 Å². The molecule has 0 bridgehead atoms. The Labute approximate surface area is 234 Å². The van der Waals surface area contributed by atoms with Gasteiger partial charge in [-0.05, 0) is 79.9 Å². The normalized spacial score (nSPS) is 20.1. The summed E-state index contributed by atoms with van der Waals surface area (Å²) < 4.78 is 30.5. The molecular weight excluding hydrogens is 773 g/mol. The summed E-state index contributed by atoms with van der Waals surface area (Å²) in [5.74, 6) is -1.20. The molecule has 1 aliphatic heterocycles. The van der Waals surface area contributed by atoms with Gasteiger partial charge < -0.3 is 23.7 Å². The van der Waals surface area contributed by atoms with Gasteiger partial charge in [-0.3, -0.25) is 9.59 Å². The topological polar surface area (TPSA) is 97.4 Å². The predicted octanol–water partition coefficient (Wildman–Crippen LogP) is 4.35. The van der Waals surface area contributed by atoms with Crippen molar-refractivity contribution in [1.29, 1.82) is 0 Å². The molecule has 33 heavy (non-hydrogen) atoms. The highest BCUT2D eigenvalue weighted by molar-refractivity contribution is 14.1. The van der Waals surface area contributed by atoms with E-state index in [0.717, 1.165) is 10.7 Å². The third-order valence-corrected chi connectivity index (χ3v) is 6.83. The molecule has 1 aliphatic rings. The van der Waals surface area contributed by atoms with Gasteiger partial charge in [0.05, 0.1) is 25.1 Å². The van der Waals surface area contributed by atoms with Crippen molar-refractivity contribution in [2.75, 3.05) is 19.8 Å². The Hall–Kier alpha value is -0.420. The van der Waals surface area contributed by atoms with Crippen molar-refractivity contribution in [2.45, 2.75) is 52.4 Å². The van der Waals surface area contributed by atoms with E-state index in [1.54, 1.807) is 27.7 Å². The molecule has 184 valence electrons. The van der Waals surface area contributed by atoms with E-state index in [2.05, 4.69) is 67.8 Å². The van der Waals surface area contributed by atoms with E-state index in [-0.39, 0.29) is 43.6 Å². The van der Waals surface area contributed by atoms with Crippen molar-refractivity contribution < 1.29 is 38.1 Å². The fourth-order valence-corrected chi connectivity index (χ4v) is 6.71. The smallest absolute Gasteiger partial charge is 0.344 e. The van der Waals surface area contributed by atoms with Crippen LogP contribution in [0.25, 0.3) is 0 Å². The minimum Gasteiger partial charge on any atom is -0.480 e. The summed E-state index contributed by atoms with van der Waals surface area (Å²) in [6.07, 6.45) is -1.36. The Morgan fingerprint density at radius 3 is 2.15 bits per heavy atom. The zero-order valence-corrected chi connectivity index (χ0v) is 25.2. The Bertz CT molecular complexity index is 835. The lowest BCUT2D eigenvalue weighted by Gasteiger charge is -2.20. The monoisotopic (exact) mass is 800 g/mol. The number of hydrogen-bond acceptors (Lipinski definition) is 8. The molecule has 0 aliphatic carbocycles. The minimum absolute atomic E-state index is 0.0456. The molecule has 1 aromatic carbocycles. The second-order valence-corrected chi connectivity index (χ2v) is 11.7. The van der Waals surface area contributed by atoms with Crippen LogP contribution in [0.1, 0.15) is 34.1 Å². The van der Waals surface area contributed by atoms with Crippen LogP contribution in [0, 0.1) is 22.5 Å². The van der Waals surface area contributed by atoms with Gasteiger partial charge in [0, 0.05) is 9.99 Å². The maximum Gasteiger partial charge on any atom is 0.344 e. The lowest BCUT2D eigenvalue weighted by molar-refractivity contribution is -0.161. The van der Waals surface area contributed by atoms with E-state index >= 15 is 0 Å². The maximum absolute atomic E-state index is 12.3. The number of esters is 3. The number of hydrogen-bond donors (Lipinski definition) is 0. The molecule has 2 rings (SSSR count). The maximum atomic E-state index is 12.3. The van der Waals surface area contributed by atoms with E-state index in [1.165, 1.54) is 0 Å². The van der Waals surface area contributed by atoms with Gasteiger partial charge in [-0.15, -0.1) is 0 Å². The zero-order chi connectivity index (χ0) is 24.7. The average Bonchev–Trinajstić information content (AvgIpc) is 3.10. The Morgan fingerprint density at radius 1 is 0.970 bits per heavy atom. The number of benzene rings is 1. The molecule has 0 amide bonds. The fraction of sp³-hybridized carbons (Fsp3) is 0.591. The van der Waals surface area contributed by atoms with Gasteiger partial charge in [0.2, 0.25) is 0 Å². The van der Waals surface area contributed by atoms with Gasteiger partial charge in [0.15, 0.2) is 6.61 Å². The quantitative estimate of drug-likeness (QED) is 0.196. The second-order valence-electron chi connectivity index (χ2n) is 8.12. The molecule has 11 heteroatoms. The standard InChI is InChI=1S/C22H27I3O8/c1-11(2)21(27)31-8-14-7-17(33-22(28)12(3)4)18(32-14)9-29-19(26)10-30-20-15(24)5-13(23)6-16(20)25/h5-6,11-12,14,17-18H,7-10H2,1-4H3/t14-,17-,18+/m0/s1. The highest BCUT2D eigenvalue weighted by Gasteiger charge is 2.39. The fourth-order valence-electron chi connectivity index (χ4n) is 2.82. The number of carbonyl (C=O) groups is 3. The predicted molar refractivity (Wildman–Crippen MR) is 145 cm³/mol. The van der Waals surface area contributed by atoms with Crippen LogP contribution < -0.4 is 4.74 Å². The van der Waals surface area contributed by atoms with Crippen LogP contribution in [0.5, 0.6) is 5.75 Å². The second kappa shape index (κ2) is 13.6. The van der Waals surface area contributed by atoms with Gasteiger partial charge in [-0.2, -0.15) is 0 Å².